The van der Waals surface area contributed by atoms with Gasteiger partial charge < -0.3 is 5.11 Å². The molecule has 1 aromatic heterocycles. The molecule has 0 aliphatic carbocycles. The van der Waals surface area contributed by atoms with Crippen LogP contribution in [0.3, 0.4) is 0 Å². The summed E-state index contributed by atoms with van der Waals surface area (Å²) in [4.78, 5) is 10.7. The molecule has 1 heterocycles. The van der Waals surface area contributed by atoms with Crippen LogP contribution in [0.15, 0.2) is 15.7 Å². The third kappa shape index (κ3) is 4.40. The van der Waals surface area contributed by atoms with Crippen LogP contribution in [-0.2, 0) is 10.0 Å². The Hall–Kier alpha value is -0.920. The molecule has 102 valence electrons. The van der Waals surface area contributed by atoms with Crippen molar-refractivity contribution in [3.8, 4) is 0 Å². The highest BCUT2D eigenvalue weighted by Crippen LogP contribution is 2.20. The van der Waals surface area contributed by atoms with Crippen molar-refractivity contribution < 1.29 is 18.3 Å². The molecule has 5 nitrogen and oxygen atoms in total. The van der Waals surface area contributed by atoms with Crippen molar-refractivity contribution in [1.29, 1.82) is 0 Å². The van der Waals surface area contributed by atoms with E-state index in [1.165, 1.54) is 11.4 Å². The van der Waals surface area contributed by atoms with E-state index >= 15 is 0 Å². The van der Waals surface area contributed by atoms with Crippen molar-refractivity contribution in [2.75, 3.05) is 6.54 Å². The Morgan fingerprint density at radius 3 is 2.67 bits per heavy atom. The molecule has 0 saturated heterocycles. The van der Waals surface area contributed by atoms with E-state index in [1.54, 1.807) is 0 Å². The van der Waals surface area contributed by atoms with Crippen molar-refractivity contribution in [1.82, 2.24) is 4.72 Å². The monoisotopic (exact) mass is 291 g/mol. The maximum absolute atomic E-state index is 11.8. The zero-order valence-corrected chi connectivity index (χ0v) is 11.8. The number of hydrogen-bond donors (Lipinski definition) is 2. The van der Waals surface area contributed by atoms with Gasteiger partial charge >= 0.3 is 5.97 Å². The fourth-order valence-corrected chi connectivity index (χ4v) is 3.67. The lowest BCUT2D eigenvalue weighted by molar-refractivity contribution is 0.0697. The Balaban J connectivity index is 2.54. The number of carboxylic acid groups (broad SMARTS) is 1. The lowest BCUT2D eigenvalue weighted by Crippen LogP contribution is -2.24. The van der Waals surface area contributed by atoms with E-state index in [2.05, 4.69) is 11.6 Å². The number of sulfonamides is 1. The van der Waals surface area contributed by atoms with Crippen molar-refractivity contribution in [3.05, 3.63) is 17.0 Å². The average Bonchev–Trinajstić information content (AvgIpc) is 2.78. The molecule has 0 aliphatic rings. The SMILES string of the molecule is CCCCCCNS(=O)(=O)c1cc(C(=O)O)cs1. The summed E-state index contributed by atoms with van der Waals surface area (Å²) in [6, 6.07) is 1.18. The molecular formula is C11H17NO4S2. The third-order valence-corrected chi connectivity index (χ3v) is 5.31. The second kappa shape index (κ2) is 6.86. The summed E-state index contributed by atoms with van der Waals surface area (Å²) < 4.78 is 26.1. The van der Waals surface area contributed by atoms with E-state index in [-0.39, 0.29) is 9.77 Å². The summed E-state index contributed by atoms with van der Waals surface area (Å²) >= 11 is 0.922. The quantitative estimate of drug-likeness (QED) is 0.720. The van der Waals surface area contributed by atoms with Gasteiger partial charge in [0.05, 0.1) is 5.56 Å². The average molecular weight is 291 g/mol. The molecule has 0 spiro atoms. The van der Waals surface area contributed by atoms with Crippen molar-refractivity contribution >= 4 is 27.3 Å². The van der Waals surface area contributed by atoms with Crippen LogP contribution in [0, 0.1) is 0 Å². The summed E-state index contributed by atoms with van der Waals surface area (Å²) in [7, 11) is -3.55. The van der Waals surface area contributed by atoms with Gasteiger partial charge in [-0.1, -0.05) is 26.2 Å². The van der Waals surface area contributed by atoms with Crippen LogP contribution in [0.25, 0.3) is 0 Å². The van der Waals surface area contributed by atoms with Gasteiger partial charge in [0.15, 0.2) is 0 Å². The molecule has 0 radical (unpaired) electrons. The fourth-order valence-electron chi connectivity index (χ4n) is 1.40. The van der Waals surface area contributed by atoms with E-state index in [0.29, 0.717) is 6.54 Å². The van der Waals surface area contributed by atoms with Crippen LogP contribution in [0.4, 0.5) is 0 Å². The maximum atomic E-state index is 11.8. The first-order valence-electron chi connectivity index (χ1n) is 5.79. The summed E-state index contributed by atoms with van der Waals surface area (Å²) in [5.41, 5.74) is 0.00589. The van der Waals surface area contributed by atoms with Gasteiger partial charge in [-0.2, -0.15) is 0 Å². The molecule has 1 rings (SSSR count). The Bertz CT molecular complexity index is 493. The molecule has 0 amide bonds. The molecule has 1 aromatic rings. The number of unbranched alkanes of at least 4 members (excludes halogenated alkanes) is 3. The minimum absolute atomic E-state index is 0.00589. The molecule has 0 bridgehead atoms. The van der Waals surface area contributed by atoms with E-state index in [9.17, 15) is 13.2 Å². The van der Waals surface area contributed by atoms with Gasteiger partial charge in [0, 0.05) is 11.9 Å². The summed E-state index contributed by atoms with van der Waals surface area (Å²) in [5.74, 6) is -1.12. The molecule has 0 fully saturated rings. The van der Waals surface area contributed by atoms with E-state index in [0.717, 1.165) is 37.0 Å². The predicted octanol–water partition coefficient (Wildman–Crippen LogP) is 2.30. The zero-order valence-electron chi connectivity index (χ0n) is 10.2. The maximum Gasteiger partial charge on any atom is 0.336 e. The highest BCUT2D eigenvalue weighted by Gasteiger charge is 2.18. The number of hydrogen-bond acceptors (Lipinski definition) is 4. The highest BCUT2D eigenvalue weighted by atomic mass is 32.2. The van der Waals surface area contributed by atoms with Crippen LogP contribution < -0.4 is 4.72 Å². The first-order chi connectivity index (χ1) is 8.47. The third-order valence-electron chi connectivity index (χ3n) is 2.41. The summed E-state index contributed by atoms with van der Waals surface area (Å²) in [6.45, 7) is 2.48. The Morgan fingerprint density at radius 2 is 2.11 bits per heavy atom. The largest absolute Gasteiger partial charge is 0.478 e. The van der Waals surface area contributed by atoms with Gasteiger partial charge in [0.1, 0.15) is 4.21 Å². The predicted molar refractivity (Wildman–Crippen MR) is 70.6 cm³/mol. The molecule has 2 N–H and O–H groups in total. The fraction of sp³-hybridized carbons (Fsp3) is 0.545. The van der Waals surface area contributed by atoms with Gasteiger partial charge in [-0.05, 0) is 12.5 Å². The number of rotatable bonds is 8. The van der Waals surface area contributed by atoms with Gasteiger partial charge in [-0.15, -0.1) is 11.3 Å². The smallest absolute Gasteiger partial charge is 0.336 e. The molecule has 0 unspecified atom stereocenters. The van der Waals surface area contributed by atoms with E-state index < -0.39 is 16.0 Å². The van der Waals surface area contributed by atoms with Crippen molar-refractivity contribution in [2.24, 2.45) is 0 Å². The zero-order chi connectivity index (χ0) is 13.6. The summed E-state index contributed by atoms with van der Waals surface area (Å²) in [6.07, 6.45) is 3.97. The molecule has 7 heteroatoms. The topological polar surface area (TPSA) is 83.5 Å². The van der Waals surface area contributed by atoms with Crippen molar-refractivity contribution in [3.63, 3.8) is 0 Å². The van der Waals surface area contributed by atoms with Gasteiger partial charge in [-0.25, -0.2) is 17.9 Å². The highest BCUT2D eigenvalue weighted by molar-refractivity contribution is 7.91. The van der Waals surface area contributed by atoms with Gasteiger partial charge in [0.25, 0.3) is 0 Å². The lowest BCUT2D eigenvalue weighted by atomic mass is 10.2. The van der Waals surface area contributed by atoms with Crippen LogP contribution in [0.5, 0.6) is 0 Å². The van der Waals surface area contributed by atoms with Crippen molar-refractivity contribution in [2.45, 2.75) is 36.8 Å². The second-order valence-corrected chi connectivity index (χ2v) is 6.82. The van der Waals surface area contributed by atoms with Gasteiger partial charge in [0.2, 0.25) is 10.0 Å². The van der Waals surface area contributed by atoms with Crippen LogP contribution in [0.2, 0.25) is 0 Å². The second-order valence-electron chi connectivity index (χ2n) is 3.92. The Morgan fingerprint density at radius 1 is 1.39 bits per heavy atom. The molecule has 0 aromatic carbocycles. The molecule has 0 saturated carbocycles. The van der Waals surface area contributed by atoms with E-state index in [1.807, 2.05) is 0 Å². The number of nitrogens with one attached hydrogen (secondary N) is 1. The lowest BCUT2D eigenvalue weighted by Gasteiger charge is -2.03. The minimum atomic E-state index is -3.55. The number of aromatic carboxylic acids is 1. The van der Waals surface area contributed by atoms with Crippen LogP contribution in [0.1, 0.15) is 43.0 Å². The Labute approximate surface area is 111 Å². The van der Waals surface area contributed by atoms with E-state index in [4.69, 9.17) is 5.11 Å². The number of carbonyl (C=O) groups is 1. The minimum Gasteiger partial charge on any atom is -0.478 e. The first-order valence-corrected chi connectivity index (χ1v) is 8.15. The molecule has 0 atom stereocenters. The Kier molecular flexibility index (Phi) is 5.77. The number of carboxylic acids is 1. The van der Waals surface area contributed by atoms with Gasteiger partial charge in [-0.3, -0.25) is 0 Å². The molecular weight excluding hydrogens is 274 g/mol. The molecule has 0 aliphatic heterocycles. The van der Waals surface area contributed by atoms with Crippen LogP contribution >= 0.6 is 11.3 Å². The summed E-state index contributed by atoms with van der Waals surface area (Å²) in [5, 5.41) is 10.1. The van der Waals surface area contributed by atoms with Crippen LogP contribution in [-0.4, -0.2) is 26.0 Å². The normalized spacial score (nSPS) is 11.6. The first kappa shape index (κ1) is 15.1. The number of thiophene rings is 1. The molecule has 18 heavy (non-hydrogen) atoms. The standard InChI is InChI=1S/C11H17NO4S2/c1-2-3-4-5-6-12-18(15,16)10-7-9(8-17-10)11(13)14/h7-8,12H,2-6H2,1H3,(H,13,14).